The van der Waals surface area contributed by atoms with Crippen molar-refractivity contribution in [1.29, 1.82) is 0 Å². The number of likely N-dealkylation sites (N-methyl/N-ethyl adjacent to an activating group) is 1. The molecule has 0 aliphatic carbocycles. The van der Waals surface area contributed by atoms with Gasteiger partial charge in [0.25, 0.3) is 0 Å². The molecule has 0 fully saturated rings. The lowest BCUT2D eigenvalue weighted by Gasteiger charge is -2.24. The number of carbonyl (C=O) groups excluding carboxylic acids is 1. The lowest BCUT2D eigenvalue weighted by atomic mass is 9.95. The number of nitrogens with two attached hydrogens (primary N) is 1. The van der Waals surface area contributed by atoms with Gasteiger partial charge < -0.3 is 11.1 Å². The molecule has 3 heteroatoms. The van der Waals surface area contributed by atoms with Crippen molar-refractivity contribution in [2.45, 2.75) is 25.3 Å². The predicted molar refractivity (Wildman–Crippen MR) is 46.1 cm³/mol. The molecular formula is C8H16N2O. The van der Waals surface area contributed by atoms with E-state index in [1.54, 1.807) is 20.0 Å². The van der Waals surface area contributed by atoms with Crippen molar-refractivity contribution in [3.05, 3.63) is 12.7 Å². The second-order valence-corrected chi connectivity index (χ2v) is 2.77. The van der Waals surface area contributed by atoms with Crippen molar-refractivity contribution in [2.75, 3.05) is 7.05 Å². The standard InChI is InChI=1S/C8H16N2O/c1-4-5-6-8(2,10-3)7(9)11/h4,10H,1,5-6H2,2-3H3,(H2,9,11)/t8-/m0/s1. The summed E-state index contributed by atoms with van der Waals surface area (Å²) in [5.41, 5.74) is 4.60. The highest BCUT2D eigenvalue weighted by atomic mass is 16.1. The van der Waals surface area contributed by atoms with Gasteiger partial charge in [0.15, 0.2) is 0 Å². The fourth-order valence-electron chi connectivity index (χ4n) is 0.762. The van der Waals surface area contributed by atoms with E-state index in [9.17, 15) is 4.79 Å². The van der Waals surface area contributed by atoms with Crippen molar-refractivity contribution in [1.82, 2.24) is 5.32 Å². The Morgan fingerprint density at radius 2 is 2.36 bits per heavy atom. The molecular weight excluding hydrogens is 140 g/mol. The molecule has 0 aliphatic heterocycles. The van der Waals surface area contributed by atoms with Gasteiger partial charge in [-0.15, -0.1) is 6.58 Å². The molecule has 11 heavy (non-hydrogen) atoms. The van der Waals surface area contributed by atoms with Gasteiger partial charge in [0.1, 0.15) is 0 Å². The molecule has 3 N–H and O–H groups in total. The van der Waals surface area contributed by atoms with E-state index in [4.69, 9.17) is 5.73 Å². The molecule has 0 rings (SSSR count). The normalized spacial score (nSPS) is 15.5. The molecule has 0 unspecified atom stereocenters. The fourth-order valence-corrected chi connectivity index (χ4v) is 0.762. The van der Waals surface area contributed by atoms with E-state index in [2.05, 4.69) is 11.9 Å². The summed E-state index contributed by atoms with van der Waals surface area (Å²) in [4.78, 5) is 10.9. The molecule has 0 aromatic rings. The Bertz CT molecular complexity index is 156. The number of rotatable bonds is 5. The van der Waals surface area contributed by atoms with Gasteiger partial charge in [-0.3, -0.25) is 4.79 Å². The number of allylic oxidation sites excluding steroid dienone is 1. The lowest BCUT2D eigenvalue weighted by molar-refractivity contribution is -0.123. The van der Waals surface area contributed by atoms with E-state index in [0.29, 0.717) is 6.42 Å². The largest absolute Gasteiger partial charge is 0.368 e. The van der Waals surface area contributed by atoms with Crippen LogP contribution in [-0.2, 0) is 4.79 Å². The van der Waals surface area contributed by atoms with Crippen molar-refractivity contribution in [3.8, 4) is 0 Å². The molecule has 1 amide bonds. The molecule has 0 aromatic carbocycles. The van der Waals surface area contributed by atoms with Gasteiger partial charge in [-0.25, -0.2) is 0 Å². The third kappa shape index (κ3) is 2.72. The van der Waals surface area contributed by atoms with Crippen LogP contribution in [0.15, 0.2) is 12.7 Å². The number of amides is 1. The first-order valence-corrected chi connectivity index (χ1v) is 3.66. The third-order valence-corrected chi connectivity index (χ3v) is 1.94. The van der Waals surface area contributed by atoms with E-state index >= 15 is 0 Å². The monoisotopic (exact) mass is 156 g/mol. The highest BCUT2D eigenvalue weighted by Crippen LogP contribution is 2.10. The molecule has 1 atom stereocenters. The van der Waals surface area contributed by atoms with Crippen LogP contribution in [-0.4, -0.2) is 18.5 Å². The smallest absolute Gasteiger partial charge is 0.237 e. The van der Waals surface area contributed by atoms with Crippen molar-refractivity contribution in [3.63, 3.8) is 0 Å². The maximum Gasteiger partial charge on any atom is 0.237 e. The summed E-state index contributed by atoms with van der Waals surface area (Å²) in [5.74, 6) is -0.318. The second-order valence-electron chi connectivity index (χ2n) is 2.77. The summed E-state index contributed by atoms with van der Waals surface area (Å²) >= 11 is 0. The minimum Gasteiger partial charge on any atom is -0.368 e. The zero-order valence-electron chi connectivity index (χ0n) is 7.18. The number of hydrogen-bond acceptors (Lipinski definition) is 2. The Kier molecular flexibility index (Phi) is 3.82. The van der Waals surface area contributed by atoms with Crippen LogP contribution < -0.4 is 11.1 Å². The van der Waals surface area contributed by atoms with Crippen LogP contribution >= 0.6 is 0 Å². The Balaban J connectivity index is 4.09. The summed E-state index contributed by atoms with van der Waals surface area (Å²) in [6, 6.07) is 0. The van der Waals surface area contributed by atoms with Gasteiger partial charge in [0, 0.05) is 0 Å². The van der Waals surface area contributed by atoms with Crippen LogP contribution in [0.2, 0.25) is 0 Å². The summed E-state index contributed by atoms with van der Waals surface area (Å²) in [7, 11) is 1.73. The van der Waals surface area contributed by atoms with Gasteiger partial charge >= 0.3 is 0 Å². The van der Waals surface area contributed by atoms with Crippen LogP contribution in [0.25, 0.3) is 0 Å². The highest BCUT2D eigenvalue weighted by Gasteiger charge is 2.27. The van der Waals surface area contributed by atoms with Crippen LogP contribution in [0.3, 0.4) is 0 Å². The first-order chi connectivity index (χ1) is 5.06. The van der Waals surface area contributed by atoms with Crippen LogP contribution in [0.5, 0.6) is 0 Å². The number of nitrogens with one attached hydrogen (secondary N) is 1. The summed E-state index contributed by atoms with van der Waals surface area (Å²) in [6.07, 6.45) is 3.27. The topological polar surface area (TPSA) is 55.1 Å². The van der Waals surface area contributed by atoms with E-state index in [1.165, 1.54) is 0 Å². The van der Waals surface area contributed by atoms with Crippen molar-refractivity contribution >= 4 is 5.91 Å². The molecule has 0 aromatic heterocycles. The molecule has 0 aliphatic rings. The quantitative estimate of drug-likeness (QED) is 0.567. The lowest BCUT2D eigenvalue weighted by Crippen LogP contribution is -2.51. The molecule has 64 valence electrons. The summed E-state index contributed by atoms with van der Waals surface area (Å²) in [5, 5.41) is 2.89. The van der Waals surface area contributed by atoms with Gasteiger partial charge in [0.05, 0.1) is 5.54 Å². The second kappa shape index (κ2) is 4.13. The molecule has 0 radical (unpaired) electrons. The Morgan fingerprint density at radius 3 is 2.64 bits per heavy atom. The zero-order valence-corrected chi connectivity index (χ0v) is 7.18. The number of carbonyl (C=O) groups is 1. The maximum absolute atomic E-state index is 10.9. The minimum atomic E-state index is -0.589. The van der Waals surface area contributed by atoms with Crippen molar-refractivity contribution < 1.29 is 4.79 Å². The molecule has 3 nitrogen and oxygen atoms in total. The fraction of sp³-hybridized carbons (Fsp3) is 0.625. The van der Waals surface area contributed by atoms with E-state index in [1.807, 2.05) is 0 Å². The molecule has 0 bridgehead atoms. The molecule has 0 saturated carbocycles. The van der Waals surface area contributed by atoms with Gasteiger partial charge in [-0.05, 0) is 26.8 Å². The highest BCUT2D eigenvalue weighted by molar-refractivity contribution is 5.84. The summed E-state index contributed by atoms with van der Waals surface area (Å²) in [6.45, 7) is 5.37. The Morgan fingerprint density at radius 1 is 1.82 bits per heavy atom. The SMILES string of the molecule is C=CCC[C@](C)(NC)C(N)=O. The zero-order chi connectivity index (χ0) is 8.91. The first-order valence-electron chi connectivity index (χ1n) is 3.66. The van der Waals surface area contributed by atoms with Gasteiger partial charge in [-0.2, -0.15) is 0 Å². The number of primary amides is 1. The summed E-state index contributed by atoms with van der Waals surface area (Å²) < 4.78 is 0. The Labute approximate surface area is 67.7 Å². The van der Waals surface area contributed by atoms with E-state index in [0.717, 1.165) is 6.42 Å². The van der Waals surface area contributed by atoms with Gasteiger partial charge in [-0.1, -0.05) is 6.08 Å². The predicted octanol–water partition coefficient (Wildman–Crippen LogP) is 0.416. The van der Waals surface area contributed by atoms with Gasteiger partial charge in [0.2, 0.25) is 5.91 Å². The molecule has 0 spiro atoms. The first kappa shape index (κ1) is 10.2. The van der Waals surface area contributed by atoms with E-state index in [-0.39, 0.29) is 5.91 Å². The average Bonchev–Trinajstić information content (AvgIpc) is 2.00. The number of hydrogen-bond donors (Lipinski definition) is 2. The van der Waals surface area contributed by atoms with Crippen LogP contribution in [0.1, 0.15) is 19.8 Å². The van der Waals surface area contributed by atoms with Crippen LogP contribution in [0, 0.1) is 0 Å². The molecule has 0 heterocycles. The van der Waals surface area contributed by atoms with E-state index < -0.39 is 5.54 Å². The average molecular weight is 156 g/mol. The van der Waals surface area contributed by atoms with Crippen molar-refractivity contribution in [2.24, 2.45) is 5.73 Å². The van der Waals surface area contributed by atoms with Crippen LogP contribution in [0.4, 0.5) is 0 Å². The molecule has 0 saturated heterocycles. The minimum absolute atomic E-state index is 0.318. The Hall–Kier alpha value is -0.830. The third-order valence-electron chi connectivity index (χ3n) is 1.94. The maximum atomic E-state index is 10.9.